The van der Waals surface area contributed by atoms with Crippen molar-refractivity contribution in [3.8, 4) is 0 Å². The number of benzene rings is 1. The summed E-state index contributed by atoms with van der Waals surface area (Å²) >= 11 is 1.44. The van der Waals surface area contributed by atoms with E-state index >= 15 is 0 Å². The Balaban J connectivity index is 1.94. The summed E-state index contributed by atoms with van der Waals surface area (Å²) in [4.78, 5) is 17.5. The van der Waals surface area contributed by atoms with E-state index in [9.17, 15) is 4.79 Å². The molecule has 0 saturated heterocycles. The summed E-state index contributed by atoms with van der Waals surface area (Å²) in [6.07, 6.45) is 2.14. The molecule has 0 spiro atoms. The molecule has 0 bridgehead atoms. The van der Waals surface area contributed by atoms with E-state index in [0.29, 0.717) is 5.69 Å². The van der Waals surface area contributed by atoms with Crippen molar-refractivity contribution in [2.75, 3.05) is 11.4 Å². The monoisotopic (exact) mass is 303 g/mol. The van der Waals surface area contributed by atoms with E-state index in [1.54, 1.807) is 5.38 Å². The second-order valence-electron chi connectivity index (χ2n) is 5.26. The second kappa shape index (κ2) is 5.46. The molecule has 3 N–H and O–H groups in total. The topological polar surface area (TPSA) is 79.5 Å². The van der Waals surface area contributed by atoms with Crippen LogP contribution in [0.25, 0.3) is 0 Å². The number of nitrogens with two attached hydrogens (primary N) is 1. The third kappa shape index (κ3) is 2.64. The number of fused-ring (bicyclic) bond motifs is 1. The van der Waals surface area contributed by atoms with Gasteiger partial charge in [0.15, 0.2) is 5.13 Å². The molecular weight excluding hydrogens is 286 g/mol. The minimum absolute atomic E-state index is 0.418. The number of thiazole rings is 1. The van der Waals surface area contributed by atoms with Crippen LogP contribution in [0.5, 0.6) is 0 Å². The Bertz CT molecular complexity index is 683. The van der Waals surface area contributed by atoms with E-state index in [4.69, 9.17) is 10.8 Å². The third-order valence-electron chi connectivity index (χ3n) is 3.68. The molecule has 0 amide bonds. The van der Waals surface area contributed by atoms with Gasteiger partial charge in [-0.1, -0.05) is 17.7 Å². The Hall–Kier alpha value is -1.92. The number of aryl methyl sites for hydroxylation is 2. The van der Waals surface area contributed by atoms with E-state index in [2.05, 4.69) is 35.0 Å². The summed E-state index contributed by atoms with van der Waals surface area (Å²) in [6, 6.07) is 5.35. The first-order valence-corrected chi connectivity index (χ1v) is 7.75. The van der Waals surface area contributed by atoms with Crippen LogP contribution < -0.4 is 10.6 Å². The fourth-order valence-corrected chi connectivity index (χ4v) is 3.49. The molecule has 1 aromatic heterocycles. The van der Waals surface area contributed by atoms with Crippen LogP contribution in [0.3, 0.4) is 0 Å². The number of carboxylic acids is 1. The van der Waals surface area contributed by atoms with Gasteiger partial charge in [0.05, 0.1) is 5.69 Å². The van der Waals surface area contributed by atoms with Gasteiger partial charge in [0.25, 0.3) is 0 Å². The van der Waals surface area contributed by atoms with Crippen LogP contribution in [0, 0.1) is 6.92 Å². The standard InChI is InChI=1S/C15H17N3O2S/c1-9-4-5-12-10(7-9)3-2-6-18(12)15-17-11(8-21-15)13(16)14(19)20/h4-5,7-8,13H,2-3,6,16H2,1H3,(H,19,20). The number of carbonyl (C=O) groups is 1. The minimum Gasteiger partial charge on any atom is -0.480 e. The van der Waals surface area contributed by atoms with Gasteiger partial charge in [0.1, 0.15) is 6.04 Å². The van der Waals surface area contributed by atoms with Crippen molar-refractivity contribution in [1.29, 1.82) is 0 Å². The smallest absolute Gasteiger partial charge is 0.326 e. The fourth-order valence-electron chi connectivity index (χ4n) is 2.59. The molecule has 2 heterocycles. The summed E-state index contributed by atoms with van der Waals surface area (Å²) in [5, 5.41) is 11.5. The van der Waals surface area contributed by atoms with Crippen LogP contribution in [0.1, 0.15) is 29.3 Å². The van der Waals surface area contributed by atoms with E-state index in [1.165, 1.54) is 22.5 Å². The molecule has 6 heteroatoms. The molecule has 21 heavy (non-hydrogen) atoms. The highest BCUT2D eigenvalue weighted by Gasteiger charge is 2.23. The maximum absolute atomic E-state index is 10.9. The van der Waals surface area contributed by atoms with Crippen molar-refractivity contribution in [1.82, 2.24) is 4.98 Å². The lowest BCUT2D eigenvalue weighted by Gasteiger charge is -2.29. The molecule has 0 radical (unpaired) electrons. The van der Waals surface area contributed by atoms with E-state index < -0.39 is 12.0 Å². The third-order valence-corrected chi connectivity index (χ3v) is 4.56. The summed E-state index contributed by atoms with van der Waals surface area (Å²) in [5.74, 6) is -1.05. The van der Waals surface area contributed by atoms with Crippen molar-refractivity contribution in [3.05, 3.63) is 40.4 Å². The molecule has 0 fully saturated rings. The summed E-state index contributed by atoms with van der Waals surface area (Å²) < 4.78 is 0. The van der Waals surface area contributed by atoms with Gasteiger partial charge in [0, 0.05) is 17.6 Å². The molecule has 1 unspecified atom stereocenters. The highest BCUT2D eigenvalue weighted by Crippen LogP contribution is 2.36. The van der Waals surface area contributed by atoms with Crippen molar-refractivity contribution in [2.45, 2.75) is 25.8 Å². The molecule has 0 aliphatic carbocycles. The minimum atomic E-state index is -1.06. The van der Waals surface area contributed by atoms with Gasteiger partial charge in [-0.2, -0.15) is 0 Å². The Labute approximate surface area is 127 Å². The molecule has 1 aliphatic rings. The lowest BCUT2D eigenvalue weighted by atomic mass is 10.00. The molecule has 0 saturated carbocycles. The maximum Gasteiger partial charge on any atom is 0.326 e. The van der Waals surface area contributed by atoms with E-state index in [1.807, 2.05) is 0 Å². The van der Waals surface area contributed by atoms with Gasteiger partial charge in [0.2, 0.25) is 0 Å². The van der Waals surface area contributed by atoms with Crippen LogP contribution in [-0.4, -0.2) is 22.6 Å². The molecule has 3 rings (SSSR count). The molecule has 1 atom stereocenters. The van der Waals surface area contributed by atoms with Crippen molar-refractivity contribution in [2.24, 2.45) is 5.73 Å². The zero-order valence-corrected chi connectivity index (χ0v) is 12.6. The number of carboxylic acid groups (broad SMARTS) is 1. The van der Waals surface area contributed by atoms with Crippen molar-refractivity contribution in [3.63, 3.8) is 0 Å². The normalized spacial score (nSPS) is 15.6. The number of aliphatic carboxylic acids is 1. The van der Waals surface area contributed by atoms with E-state index in [-0.39, 0.29) is 0 Å². The van der Waals surface area contributed by atoms with Crippen LogP contribution in [0.15, 0.2) is 23.6 Å². The van der Waals surface area contributed by atoms with Crippen molar-refractivity contribution >= 4 is 28.1 Å². The Morgan fingerprint density at radius 2 is 2.33 bits per heavy atom. The van der Waals surface area contributed by atoms with Gasteiger partial charge in [-0.25, -0.2) is 4.98 Å². The predicted octanol–water partition coefficient (Wildman–Crippen LogP) is 2.62. The van der Waals surface area contributed by atoms with E-state index in [0.717, 1.165) is 30.2 Å². The number of nitrogens with zero attached hydrogens (tertiary/aromatic N) is 2. The first-order chi connectivity index (χ1) is 10.1. The van der Waals surface area contributed by atoms with Crippen LogP contribution in [-0.2, 0) is 11.2 Å². The highest BCUT2D eigenvalue weighted by atomic mass is 32.1. The number of rotatable bonds is 3. The number of aromatic nitrogens is 1. The lowest BCUT2D eigenvalue weighted by Crippen LogP contribution is -2.25. The summed E-state index contributed by atoms with van der Waals surface area (Å²) in [6.45, 7) is 2.98. The number of hydrogen-bond acceptors (Lipinski definition) is 5. The van der Waals surface area contributed by atoms with Gasteiger partial charge in [-0.15, -0.1) is 11.3 Å². The summed E-state index contributed by atoms with van der Waals surface area (Å²) in [5.41, 5.74) is 9.78. The average molecular weight is 303 g/mol. The Kier molecular flexibility index (Phi) is 3.65. The second-order valence-corrected chi connectivity index (χ2v) is 6.09. The van der Waals surface area contributed by atoms with Gasteiger partial charge >= 0.3 is 5.97 Å². The Morgan fingerprint density at radius 3 is 3.10 bits per heavy atom. The van der Waals surface area contributed by atoms with Crippen molar-refractivity contribution < 1.29 is 9.90 Å². The summed E-state index contributed by atoms with van der Waals surface area (Å²) in [7, 11) is 0. The highest BCUT2D eigenvalue weighted by molar-refractivity contribution is 7.13. The first kappa shape index (κ1) is 14.0. The Morgan fingerprint density at radius 1 is 1.52 bits per heavy atom. The van der Waals surface area contributed by atoms with Gasteiger partial charge < -0.3 is 15.7 Å². The fraction of sp³-hybridized carbons (Fsp3) is 0.333. The molecule has 110 valence electrons. The molecule has 1 aromatic carbocycles. The largest absolute Gasteiger partial charge is 0.480 e. The van der Waals surface area contributed by atoms with Crippen LogP contribution in [0.4, 0.5) is 10.8 Å². The van der Waals surface area contributed by atoms with Gasteiger partial charge in [-0.3, -0.25) is 4.79 Å². The quantitative estimate of drug-likeness (QED) is 0.911. The number of anilines is 2. The molecule has 5 nitrogen and oxygen atoms in total. The molecule has 1 aliphatic heterocycles. The number of hydrogen-bond donors (Lipinski definition) is 2. The van der Waals surface area contributed by atoms with Gasteiger partial charge in [-0.05, 0) is 31.4 Å². The zero-order chi connectivity index (χ0) is 15.0. The predicted molar refractivity (Wildman–Crippen MR) is 83.2 cm³/mol. The first-order valence-electron chi connectivity index (χ1n) is 6.87. The average Bonchev–Trinajstić information content (AvgIpc) is 2.94. The zero-order valence-electron chi connectivity index (χ0n) is 11.7. The molecular formula is C15H17N3O2S. The van der Waals surface area contributed by atoms with Crippen LogP contribution >= 0.6 is 11.3 Å². The van der Waals surface area contributed by atoms with Crippen LogP contribution in [0.2, 0.25) is 0 Å². The lowest BCUT2D eigenvalue weighted by molar-refractivity contribution is -0.138. The molecule has 2 aromatic rings. The SMILES string of the molecule is Cc1ccc2c(c1)CCCN2c1nc(C(N)C(=O)O)cs1. The maximum atomic E-state index is 10.9.